The Morgan fingerprint density at radius 2 is 1.42 bits per heavy atom. The summed E-state index contributed by atoms with van der Waals surface area (Å²) in [7, 11) is 0. The summed E-state index contributed by atoms with van der Waals surface area (Å²) in [6, 6.07) is 18.9. The Kier molecular flexibility index (Phi) is 3.04. The third kappa shape index (κ3) is 2.13. The molecule has 0 saturated heterocycles. The molecule has 19 heavy (non-hydrogen) atoms. The molecule has 1 heteroatoms. The molecule has 94 valence electrons. The zero-order valence-electron chi connectivity index (χ0n) is 11.1. The van der Waals surface area contributed by atoms with Crippen molar-refractivity contribution in [3.63, 3.8) is 0 Å². The van der Waals surface area contributed by atoms with Gasteiger partial charge in [0.25, 0.3) is 0 Å². The molecule has 0 fully saturated rings. The van der Waals surface area contributed by atoms with E-state index in [9.17, 15) is 0 Å². The van der Waals surface area contributed by atoms with Gasteiger partial charge in [-0.2, -0.15) is 0 Å². The zero-order valence-corrected chi connectivity index (χ0v) is 11.8. The van der Waals surface area contributed by atoms with Crippen LogP contribution in [0.1, 0.15) is 11.1 Å². The maximum atomic E-state index is 5.97. The van der Waals surface area contributed by atoms with Crippen molar-refractivity contribution in [3.8, 4) is 11.1 Å². The standard InChI is InChI=1S/C18H15Cl/c1-12-11-18(14-7-9-15(19)10-8-14)17-6-4-3-5-16(17)13(12)2/h3-11H,1-2H3. The van der Waals surface area contributed by atoms with Gasteiger partial charge in [0.2, 0.25) is 0 Å². The van der Waals surface area contributed by atoms with Crippen LogP contribution in [0.2, 0.25) is 5.02 Å². The quantitative estimate of drug-likeness (QED) is 0.524. The van der Waals surface area contributed by atoms with E-state index in [1.54, 1.807) is 0 Å². The molecule has 0 bridgehead atoms. The zero-order chi connectivity index (χ0) is 13.4. The van der Waals surface area contributed by atoms with Gasteiger partial charge >= 0.3 is 0 Å². The van der Waals surface area contributed by atoms with Crippen LogP contribution in [0.5, 0.6) is 0 Å². The minimum absolute atomic E-state index is 0.775. The van der Waals surface area contributed by atoms with Crippen molar-refractivity contribution in [1.82, 2.24) is 0 Å². The summed E-state index contributed by atoms with van der Waals surface area (Å²) in [5.74, 6) is 0. The first-order valence-electron chi connectivity index (χ1n) is 6.42. The van der Waals surface area contributed by atoms with Gasteiger partial charge in [-0.05, 0) is 59.0 Å². The molecule has 3 rings (SSSR count). The number of fused-ring (bicyclic) bond motifs is 1. The maximum absolute atomic E-state index is 5.97. The van der Waals surface area contributed by atoms with E-state index in [4.69, 9.17) is 11.6 Å². The Balaban J connectivity index is 2.35. The molecule has 0 aliphatic rings. The summed E-state index contributed by atoms with van der Waals surface area (Å²) >= 11 is 5.97. The number of halogens is 1. The highest BCUT2D eigenvalue weighted by Crippen LogP contribution is 2.33. The van der Waals surface area contributed by atoms with Crippen molar-refractivity contribution in [1.29, 1.82) is 0 Å². The van der Waals surface area contributed by atoms with Gasteiger partial charge in [-0.3, -0.25) is 0 Å². The van der Waals surface area contributed by atoms with Crippen molar-refractivity contribution in [2.45, 2.75) is 13.8 Å². The Morgan fingerprint density at radius 1 is 0.789 bits per heavy atom. The predicted molar refractivity (Wildman–Crippen MR) is 83.9 cm³/mol. The molecule has 0 aromatic heterocycles. The molecule has 0 spiro atoms. The average molecular weight is 267 g/mol. The van der Waals surface area contributed by atoms with Crippen LogP contribution >= 0.6 is 11.6 Å². The summed E-state index contributed by atoms with van der Waals surface area (Å²) in [5.41, 5.74) is 5.16. The molecule has 0 saturated carbocycles. The van der Waals surface area contributed by atoms with E-state index in [0.29, 0.717) is 0 Å². The molecule has 0 nitrogen and oxygen atoms in total. The van der Waals surface area contributed by atoms with E-state index in [1.807, 2.05) is 12.1 Å². The van der Waals surface area contributed by atoms with Gasteiger partial charge in [0, 0.05) is 5.02 Å². The number of benzene rings is 3. The molecule has 3 aromatic rings. The van der Waals surface area contributed by atoms with Crippen LogP contribution in [0.4, 0.5) is 0 Å². The molecular formula is C18H15Cl. The van der Waals surface area contributed by atoms with E-state index in [1.165, 1.54) is 33.0 Å². The summed E-state index contributed by atoms with van der Waals surface area (Å²) < 4.78 is 0. The number of hydrogen-bond acceptors (Lipinski definition) is 0. The maximum Gasteiger partial charge on any atom is 0.0406 e. The number of rotatable bonds is 1. The normalized spacial score (nSPS) is 10.9. The van der Waals surface area contributed by atoms with Crippen molar-refractivity contribution in [2.75, 3.05) is 0 Å². The highest BCUT2D eigenvalue weighted by atomic mass is 35.5. The highest BCUT2D eigenvalue weighted by Gasteiger charge is 2.08. The summed E-state index contributed by atoms with van der Waals surface area (Å²) in [5, 5.41) is 3.40. The fraction of sp³-hybridized carbons (Fsp3) is 0.111. The van der Waals surface area contributed by atoms with E-state index >= 15 is 0 Å². The second kappa shape index (κ2) is 4.71. The molecule has 3 aromatic carbocycles. The first kappa shape index (κ1) is 12.3. The monoisotopic (exact) mass is 266 g/mol. The minimum Gasteiger partial charge on any atom is -0.0843 e. The summed E-state index contributed by atoms with van der Waals surface area (Å²) in [6.45, 7) is 4.35. The average Bonchev–Trinajstić information content (AvgIpc) is 2.44. The van der Waals surface area contributed by atoms with Crippen molar-refractivity contribution in [3.05, 3.63) is 70.7 Å². The van der Waals surface area contributed by atoms with E-state index in [2.05, 4.69) is 56.3 Å². The topological polar surface area (TPSA) is 0 Å². The van der Waals surface area contributed by atoms with Crippen molar-refractivity contribution in [2.24, 2.45) is 0 Å². The second-order valence-electron chi connectivity index (χ2n) is 4.92. The third-order valence-corrected chi connectivity index (χ3v) is 3.98. The van der Waals surface area contributed by atoms with Gasteiger partial charge in [-0.25, -0.2) is 0 Å². The van der Waals surface area contributed by atoms with Crippen LogP contribution in [0.25, 0.3) is 21.9 Å². The van der Waals surface area contributed by atoms with Crippen LogP contribution in [-0.2, 0) is 0 Å². The molecule has 0 radical (unpaired) electrons. The molecule has 0 heterocycles. The Bertz CT molecular complexity index is 739. The van der Waals surface area contributed by atoms with Gasteiger partial charge < -0.3 is 0 Å². The van der Waals surface area contributed by atoms with E-state index in [-0.39, 0.29) is 0 Å². The fourth-order valence-corrected chi connectivity index (χ4v) is 2.65. The number of aryl methyl sites for hydroxylation is 2. The van der Waals surface area contributed by atoms with Crippen molar-refractivity contribution >= 4 is 22.4 Å². The summed E-state index contributed by atoms with van der Waals surface area (Å²) in [4.78, 5) is 0. The predicted octanol–water partition coefficient (Wildman–Crippen LogP) is 5.78. The molecule has 0 amide bonds. The Hall–Kier alpha value is -1.79. The summed E-state index contributed by atoms with van der Waals surface area (Å²) in [6.07, 6.45) is 0. The molecule has 0 N–H and O–H groups in total. The van der Waals surface area contributed by atoms with Gasteiger partial charge in [-0.1, -0.05) is 54.1 Å². The Labute approximate surface area is 118 Å². The molecule has 0 aliphatic heterocycles. The van der Waals surface area contributed by atoms with Crippen LogP contribution in [0.3, 0.4) is 0 Å². The lowest BCUT2D eigenvalue weighted by atomic mass is 9.92. The largest absolute Gasteiger partial charge is 0.0843 e. The van der Waals surface area contributed by atoms with Crippen LogP contribution < -0.4 is 0 Å². The first-order valence-corrected chi connectivity index (χ1v) is 6.79. The van der Waals surface area contributed by atoms with Gasteiger partial charge in [0.05, 0.1) is 0 Å². The Morgan fingerprint density at radius 3 is 2.11 bits per heavy atom. The van der Waals surface area contributed by atoms with Gasteiger partial charge in [0.15, 0.2) is 0 Å². The van der Waals surface area contributed by atoms with E-state index in [0.717, 1.165) is 5.02 Å². The third-order valence-electron chi connectivity index (χ3n) is 3.73. The SMILES string of the molecule is Cc1cc(-c2ccc(Cl)cc2)c2ccccc2c1C. The number of hydrogen-bond donors (Lipinski definition) is 0. The molecular weight excluding hydrogens is 252 g/mol. The smallest absolute Gasteiger partial charge is 0.0406 e. The van der Waals surface area contributed by atoms with E-state index < -0.39 is 0 Å². The first-order chi connectivity index (χ1) is 9.16. The fourth-order valence-electron chi connectivity index (χ4n) is 2.53. The molecule has 0 aliphatic carbocycles. The van der Waals surface area contributed by atoms with Gasteiger partial charge in [-0.15, -0.1) is 0 Å². The lowest BCUT2D eigenvalue weighted by Gasteiger charge is -2.12. The molecule has 0 atom stereocenters. The van der Waals surface area contributed by atoms with Gasteiger partial charge in [0.1, 0.15) is 0 Å². The van der Waals surface area contributed by atoms with Crippen molar-refractivity contribution < 1.29 is 0 Å². The van der Waals surface area contributed by atoms with Crippen LogP contribution in [-0.4, -0.2) is 0 Å². The molecule has 0 unspecified atom stereocenters. The second-order valence-corrected chi connectivity index (χ2v) is 5.35. The van der Waals surface area contributed by atoms with Crippen LogP contribution in [0.15, 0.2) is 54.6 Å². The lowest BCUT2D eigenvalue weighted by molar-refractivity contribution is 1.38. The minimum atomic E-state index is 0.775. The lowest BCUT2D eigenvalue weighted by Crippen LogP contribution is -1.88. The van der Waals surface area contributed by atoms with Crippen LogP contribution in [0, 0.1) is 13.8 Å². The highest BCUT2D eigenvalue weighted by molar-refractivity contribution is 6.30.